The molecule has 1 heterocycles. The number of benzene rings is 1. The molecule has 20 heavy (non-hydrogen) atoms. The van der Waals surface area contributed by atoms with Gasteiger partial charge < -0.3 is 10.3 Å². The maximum absolute atomic E-state index is 13.5. The van der Waals surface area contributed by atoms with Crippen molar-refractivity contribution in [3.8, 4) is 0 Å². The van der Waals surface area contributed by atoms with Gasteiger partial charge in [0.2, 0.25) is 5.56 Å². The summed E-state index contributed by atoms with van der Waals surface area (Å²) in [7, 11) is 0. The van der Waals surface area contributed by atoms with Crippen LogP contribution in [0.15, 0.2) is 35.3 Å². The van der Waals surface area contributed by atoms with Crippen molar-refractivity contribution in [3.63, 3.8) is 0 Å². The molecule has 1 aromatic heterocycles. The van der Waals surface area contributed by atoms with E-state index in [0.717, 1.165) is 5.56 Å². The molecule has 0 spiro atoms. The summed E-state index contributed by atoms with van der Waals surface area (Å²) in [4.78, 5) is 25.2. The Balaban J connectivity index is 2.07. The van der Waals surface area contributed by atoms with Gasteiger partial charge in [-0.1, -0.05) is 12.1 Å². The second-order valence-electron chi connectivity index (χ2n) is 4.67. The second kappa shape index (κ2) is 5.69. The van der Waals surface area contributed by atoms with Gasteiger partial charge in [-0.05, 0) is 36.6 Å². The molecular formula is C15H15FN2O2. The summed E-state index contributed by atoms with van der Waals surface area (Å²) in [5, 5.41) is 2.73. The Labute approximate surface area is 115 Å². The van der Waals surface area contributed by atoms with Crippen molar-refractivity contribution in [3.05, 3.63) is 68.9 Å². The van der Waals surface area contributed by atoms with Crippen molar-refractivity contribution in [1.82, 2.24) is 10.3 Å². The quantitative estimate of drug-likeness (QED) is 0.900. The number of carbonyl (C=O) groups excluding carboxylic acids is 1. The predicted molar refractivity (Wildman–Crippen MR) is 74.1 cm³/mol. The van der Waals surface area contributed by atoms with E-state index in [1.807, 2.05) is 0 Å². The number of halogens is 1. The third-order valence-corrected chi connectivity index (χ3v) is 3.00. The van der Waals surface area contributed by atoms with Gasteiger partial charge >= 0.3 is 0 Å². The van der Waals surface area contributed by atoms with E-state index >= 15 is 0 Å². The summed E-state index contributed by atoms with van der Waals surface area (Å²) >= 11 is 0. The fraction of sp³-hybridized carbons (Fsp3) is 0.200. The van der Waals surface area contributed by atoms with E-state index in [1.54, 1.807) is 26.0 Å². The molecule has 2 rings (SSSR count). The molecule has 0 saturated heterocycles. The molecular weight excluding hydrogens is 259 g/mol. The lowest BCUT2D eigenvalue weighted by atomic mass is 10.1. The number of aryl methyl sites for hydroxylation is 2. The number of aromatic nitrogens is 1. The van der Waals surface area contributed by atoms with E-state index < -0.39 is 0 Å². The first kappa shape index (κ1) is 14.0. The zero-order valence-corrected chi connectivity index (χ0v) is 11.3. The largest absolute Gasteiger partial charge is 0.348 e. The molecule has 1 amide bonds. The van der Waals surface area contributed by atoms with Crippen molar-refractivity contribution in [1.29, 1.82) is 0 Å². The molecule has 5 heteroatoms. The van der Waals surface area contributed by atoms with Gasteiger partial charge in [0.25, 0.3) is 5.91 Å². The van der Waals surface area contributed by atoms with Crippen molar-refractivity contribution < 1.29 is 9.18 Å². The van der Waals surface area contributed by atoms with Gasteiger partial charge in [0, 0.05) is 18.8 Å². The summed E-state index contributed by atoms with van der Waals surface area (Å²) in [6, 6.07) is 6.15. The maximum atomic E-state index is 13.5. The topological polar surface area (TPSA) is 62.0 Å². The number of pyridine rings is 1. The lowest BCUT2D eigenvalue weighted by molar-refractivity contribution is 0.0950. The molecule has 0 atom stereocenters. The molecule has 1 aromatic carbocycles. The predicted octanol–water partition coefficient (Wildman–Crippen LogP) is 2.06. The number of H-pyrrole nitrogens is 1. The molecule has 2 N–H and O–H groups in total. The molecule has 0 bridgehead atoms. The number of amides is 1. The number of carbonyl (C=O) groups is 1. The molecule has 2 aromatic rings. The van der Waals surface area contributed by atoms with Crippen LogP contribution in [0.2, 0.25) is 0 Å². The Kier molecular flexibility index (Phi) is 3.98. The highest BCUT2D eigenvalue weighted by Crippen LogP contribution is 2.14. The minimum absolute atomic E-state index is 0.222. The van der Waals surface area contributed by atoms with Crippen LogP contribution in [0.3, 0.4) is 0 Å². The number of aromatic amines is 1. The summed E-state index contributed by atoms with van der Waals surface area (Å²) in [6.45, 7) is 3.69. The average molecular weight is 274 g/mol. The summed E-state index contributed by atoms with van der Waals surface area (Å²) in [5.74, 6) is -0.512. The number of hydrogen-bond acceptors (Lipinski definition) is 2. The van der Waals surface area contributed by atoms with Gasteiger partial charge in [-0.3, -0.25) is 9.59 Å². The molecule has 4 nitrogen and oxygen atoms in total. The van der Waals surface area contributed by atoms with Gasteiger partial charge in [-0.15, -0.1) is 0 Å². The average Bonchev–Trinajstić information content (AvgIpc) is 2.42. The molecule has 0 radical (unpaired) electrons. The minimum atomic E-state index is -0.291. The number of rotatable bonds is 3. The summed E-state index contributed by atoms with van der Waals surface area (Å²) in [5.41, 5.74) is 2.06. The first-order valence-electron chi connectivity index (χ1n) is 6.20. The van der Waals surface area contributed by atoms with Gasteiger partial charge in [-0.2, -0.15) is 0 Å². The standard InChI is InChI=1S/C15H15FN2O2/c1-9-5-11(6-10(2)14(9)16)7-18-15(20)12-3-4-13(19)17-8-12/h3-6,8H,7H2,1-2H3,(H,17,19)(H,18,20). The lowest BCUT2D eigenvalue weighted by Crippen LogP contribution is -2.23. The van der Waals surface area contributed by atoms with E-state index in [9.17, 15) is 14.0 Å². The Morgan fingerprint density at radius 2 is 1.90 bits per heavy atom. The van der Waals surface area contributed by atoms with E-state index in [1.165, 1.54) is 18.3 Å². The Bertz CT molecular complexity index is 664. The third kappa shape index (κ3) is 3.12. The monoisotopic (exact) mass is 274 g/mol. The molecule has 0 fully saturated rings. The zero-order valence-electron chi connectivity index (χ0n) is 11.3. The zero-order chi connectivity index (χ0) is 14.7. The fourth-order valence-corrected chi connectivity index (χ4v) is 1.97. The van der Waals surface area contributed by atoms with E-state index in [0.29, 0.717) is 23.2 Å². The Hall–Kier alpha value is -2.43. The van der Waals surface area contributed by atoms with Crippen LogP contribution in [0.25, 0.3) is 0 Å². The van der Waals surface area contributed by atoms with Crippen LogP contribution in [0.5, 0.6) is 0 Å². The van der Waals surface area contributed by atoms with Crippen LogP contribution < -0.4 is 10.9 Å². The first-order chi connectivity index (χ1) is 9.47. The number of nitrogens with one attached hydrogen (secondary N) is 2. The summed E-state index contributed by atoms with van der Waals surface area (Å²) in [6.07, 6.45) is 1.36. The van der Waals surface area contributed by atoms with Crippen LogP contribution in [-0.2, 0) is 6.54 Å². The van der Waals surface area contributed by atoms with Crippen molar-refractivity contribution >= 4 is 5.91 Å². The van der Waals surface area contributed by atoms with E-state index in [-0.39, 0.29) is 17.3 Å². The molecule has 104 valence electrons. The van der Waals surface area contributed by atoms with E-state index in [4.69, 9.17) is 0 Å². The minimum Gasteiger partial charge on any atom is -0.348 e. The van der Waals surface area contributed by atoms with Crippen LogP contribution in [-0.4, -0.2) is 10.9 Å². The SMILES string of the molecule is Cc1cc(CNC(=O)c2ccc(=O)[nH]c2)cc(C)c1F. The highest BCUT2D eigenvalue weighted by atomic mass is 19.1. The van der Waals surface area contributed by atoms with Crippen molar-refractivity contribution in [2.24, 2.45) is 0 Å². The van der Waals surface area contributed by atoms with Crippen LogP contribution in [0.4, 0.5) is 4.39 Å². The summed E-state index contributed by atoms with van der Waals surface area (Å²) < 4.78 is 13.5. The highest BCUT2D eigenvalue weighted by molar-refractivity contribution is 5.93. The maximum Gasteiger partial charge on any atom is 0.253 e. The normalized spacial score (nSPS) is 10.3. The lowest BCUT2D eigenvalue weighted by Gasteiger charge is -2.08. The first-order valence-corrected chi connectivity index (χ1v) is 6.20. The van der Waals surface area contributed by atoms with Gasteiger partial charge in [0.1, 0.15) is 5.82 Å². The van der Waals surface area contributed by atoms with Crippen LogP contribution in [0, 0.1) is 19.7 Å². The second-order valence-corrected chi connectivity index (χ2v) is 4.67. The van der Waals surface area contributed by atoms with Crippen molar-refractivity contribution in [2.75, 3.05) is 0 Å². The molecule has 0 aliphatic heterocycles. The van der Waals surface area contributed by atoms with Gasteiger partial charge in [-0.25, -0.2) is 4.39 Å². The smallest absolute Gasteiger partial charge is 0.253 e. The fourth-order valence-electron chi connectivity index (χ4n) is 1.97. The Morgan fingerprint density at radius 3 is 2.45 bits per heavy atom. The van der Waals surface area contributed by atoms with Crippen LogP contribution >= 0.6 is 0 Å². The van der Waals surface area contributed by atoms with E-state index in [2.05, 4.69) is 10.3 Å². The molecule has 0 unspecified atom stereocenters. The number of hydrogen-bond donors (Lipinski definition) is 2. The van der Waals surface area contributed by atoms with Crippen LogP contribution in [0.1, 0.15) is 27.0 Å². The molecule has 0 aliphatic rings. The van der Waals surface area contributed by atoms with Gasteiger partial charge in [0.05, 0.1) is 5.56 Å². The molecule has 0 aliphatic carbocycles. The Morgan fingerprint density at radius 1 is 1.25 bits per heavy atom. The molecule has 0 saturated carbocycles. The highest BCUT2D eigenvalue weighted by Gasteiger charge is 2.07. The van der Waals surface area contributed by atoms with Crippen molar-refractivity contribution in [2.45, 2.75) is 20.4 Å². The van der Waals surface area contributed by atoms with Gasteiger partial charge in [0.15, 0.2) is 0 Å². The third-order valence-electron chi connectivity index (χ3n) is 3.00.